The van der Waals surface area contributed by atoms with Crippen LogP contribution in [0.3, 0.4) is 0 Å². The Morgan fingerprint density at radius 1 is 1.22 bits per heavy atom. The van der Waals surface area contributed by atoms with Crippen LogP contribution in [-0.2, 0) is 24.3 Å². The van der Waals surface area contributed by atoms with Gasteiger partial charge < -0.3 is 15.0 Å². The number of nitrogens with zero attached hydrogens (tertiary/aromatic N) is 1. The first-order chi connectivity index (χ1) is 12.7. The van der Waals surface area contributed by atoms with Crippen LogP contribution < -0.4 is 10.0 Å². The second kappa shape index (κ2) is 9.29. The number of anilines is 1. The van der Waals surface area contributed by atoms with Crippen LogP contribution in [-0.4, -0.2) is 57.5 Å². The summed E-state index contributed by atoms with van der Waals surface area (Å²) in [6.07, 6.45) is 0.390. The first kappa shape index (κ1) is 21.3. The van der Waals surface area contributed by atoms with Crippen molar-refractivity contribution in [2.24, 2.45) is 5.92 Å². The Morgan fingerprint density at radius 2 is 1.89 bits per heavy atom. The predicted molar refractivity (Wildman–Crippen MR) is 102 cm³/mol. The molecular formula is C18H27N3O5S. The highest BCUT2D eigenvalue weighted by atomic mass is 32.2. The fraction of sp³-hybridized carbons (Fsp3) is 0.556. The van der Waals surface area contributed by atoms with Gasteiger partial charge in [0.2, 0.25) is 21.8 Å². The van der Waals surface area contributed by atoms with Crippen molar-refractivity contribution < 1.29 is 22.7 Å². The monoisotopic (exact) mass is 397 g/mol. The van der Waals surface area contributed by atoms with Gasteiger partial charge in [0.15, 0.2) is 0 Å². The lowest BCUT2D eigenvalue weighted by Gasteiger charge is -2.31. The molecule has 1 atom stereocenters. The van der Waals surface area contributed by atoms with Gasteiger partial charge in [0.25, 0.3) is 0 Å². The maximum absolute atomic E-state index is 12.8. The fourth-order valence-corrected chi connectivity index (χ4v) is 4.12. The lowest BCUT2D eigenvalue weighted by Crippen LogP contribution is -2.52. The van der Waals surface area contributed by atoms with Gasteiger partial charge in [-0.15, -0.1) is 0 Å². The number of nitrogens with one attached hydrogen (secondary N) is 2. The van der Waals surface area contributed by atoms with Gasteiger partial charge >= 0.3 is 0 Å². The SMILES string of the molecule is CC(=O)Nc1cccc(S(=O)(=O)N[C@@H](CC(C)C)C(=O)N2CCOCC2)c1. The second-order valence-corrected chi connectivity index (χ2v) is 8.66. The molecule has 9 heteroatoms. The Morgan fingerprint density at radius 3 is 2.48 bits per heavy atom. The summed E-state index contributed by atoms with van der Waals surface area (Å²) in [5.74, 6) is -0.403. The van der Waals surface area contributed by atoms with Crippen LogP contribution in [0.1, 0.15) is 27.2 Å². The molecule has 1 saturated heterocycles. The molecule has 1 fully saturated rings. The van der Waals surface area contributed by atoms with Crippen LogP contribution in [0.2, 0.25) is 0 Å². The third-order valence-corrected chi connectivity index (χ3v) is 5.56. The van der Waals surface area contributed by atoms with Crippen molar-refractivity contribution >= 4 is 27.5 Å². The normalized spacial score (nSPS) is 16.2. The van der Waals surface area contributed by atoms with Gasteiger partial charge in [-0.25, -0.2) is 8.42 Å². The quantitative estimate of drug-likeness (QED) is 0.719. The lowest BCUT2D eigenvalue weighted by atomic mass is 10.0. The minimum Gasteiger partial charge on any atom is -0.378 e. The minimum atomic E-state index is -3.93. The van der Waals surface area contributed by atoms with Crippen molar-refractivity contribution in [2.45, 2.75) is 38.1 Å². The molecule has 0 aromatic heterocycles. The van der Waals surface area contributed by atoms with E-state index in [1.54, 1.807) is 17.0 Å². The predicted octanol–water partition coefficient (Wildman–Crippen LogP) is 1.20. The van der Waals surface area contributed by atoms with Crippen LogP contribution >= 0.6 is 0 Å². The Balaban J connectivity index is 2.21. The van der Waals surface area contributed by atoms with Crippen molar-refractivity contribution in [2.75, 3.05) is 31.6 Å². The summed E-state index contributed by atoms with van der Waals surface area (Å²) in [6.45, 7) is 7.02. The van der Waals surface area contributed by atoms with E-state index in [9.17, 15) is 18.0 Å². The highest BCUT2D eigenvalue weighted by Crippen LogP contribution is 2.18. The summed E-state index contributed by atoms with van der Waals surface area (Å²) in [6, 6.07) is 5.10. The number of sulfonamides is 1. The summed E-state index contributed by atoms with van der Waals surface area (Å²) in [7, 11) is -3.93. The van der Waals surface area contributed by atoms with E-state index in [1.807, 2.05) is 13.8 Å². The molecule has 0 bridgehead atoms. The van der Waals surface area contributed by atoms with Crippen molar-refractivity contribution in [1.29, 1.82) is 0 Å². The largest absolute Gasteiger partial charge is 0.378 e. The molecule has 1 aliphatic heterocycles. The van der Waals surface area contributed by atoms with Crippen LogP contribution in [0.25, 0.3) is 0 Å². The number of amides is 2. The van der Waals surface area contributed by atoms with Crippen LogP contribution in [0.15, 0.2) is 29.2 Å². The van der Waals surface area contributed by atoms with E-state index in [0.29, 0.717) is 38.4 Å². The smallest absolute Gasteiger partial charge is 0.241 e. The molecule has 1 aromatic rings. The van der Waals surface area contributed by atoms with Crippen molar-refractivity contribution in [1.82, 2.24) is 9.62 Å². The van der Waals surface area contributed by atoms with Gasteiger partial charge in [0, 0.05) is 25.7 Å². The number of hydrogen-bond donors (Lipinski definition) is 2. The molecule has 0 radical (unpaired) electrons. The average Bonchev–Trinajstić information content (AvgIpc) is 2.60. The van der Waals surface area contributed by atoms with Crippen molar-refractivity contribution in [3.8, 4) is 0 Å². The highest BCUT2D eigenvalue weighted by Gasteiger charge is 2.30. The van der Waals surface area contributed by atoms with Gasteiger partial charge in [0.05, 0.1) is 18.1 Å². The maximum atomic E-state index is 12.8. The van der Waals surface area contributed by atoms with Crippen LogP contribution in [0.4, 0.5) is 5.69 Å². The molecule has 0 unspecified atom stereocenters. The molecule has 1 aliphatic rings. The number of hydrogen-bond acceptors (Lipinski definition) is 5. The molecule has 0 saturated carbocycles. The van der Waals surface area contributed by atoms with Crippen LogP contribution in [0.5, 0.6) is 0 Å². The molecule has 1 heterocycles. The van der Waals surface area contributed by atoms with Crippen molar-refractivity contribution in [3.63, 3.8) is 0 Å². The highest BCUT2D eigenvalue weighted by molar-refractivity contribution is 7.89. The Labute approximate surface area is 160 Å². The first-order valence-electron chi connectivity index (χ1n) is 8.95. The number of carbonyl (C=O) groups is 2. The van der Waals surface area contributed by atoms with E-state index in [4.69, 9.17) is 4.74 Å². The molecule has 150 valence electrons. The molecule has 8 nitrogen and oxygen atoms in total. The summed E-state index contributed by atoms with van der Waals surface area (Å²) in [4.78, 5) is 25.7. The summed E-state index contributed by atoms with van der Waals surface area (Å²) >= 11 is 0. The molecule has 2 rings (SSSR count). The zero-order valence-corrected chi connectivity index (χ0v) is 16.7. The second-order valence-electron chi connectivity index (χ2n) is 6.95. The number of rotatable bonds is 7. The van der Waals surface area contributed by atoms with E-state index < -0.39 is 16.1 Å². The first-order valence-corrected chi connectivity index (χ1v) is 10.4. The van der Waals surface area contributed by atoms with E-state index >= 15 is 0 Å². The maximum Gasteiger partial charge on any atom is 0.241 e. The standard InChI is InChI=1S/C18H27N3O5S/c1-13(2)11-17(18(23)21-7-9-26-10-8-21)20-27(24,25)16-6-4-5-15(12-16)19-14(3)22/h4-6,12-13,17,20H,7-11H2,1-3H3,(H,19,22)/t17-/m0/s1. The Kier molecular flexibility index (Phi) is 7.34. The van der Waals surface area contributed by atoms with E-state index in [0.717, 1.165) is 0 Å². The average molecular weight is 397 g/mol. The molecule has 0 spiro atoms. The van der Waals surface area contributed by atoms with E-state index in [-0.39, 0.29) is 22.6 Å². The topological polar surface area (TPSA) is 105 Å². The van der Waals surface area contributed by atoms with E-state index in [2.05, 4.69) is 10.0 Å². The lowest BCUT2D eigenvalue weighted by molar-refractivity contribution is -0.137. The van der Waals surface area contributed by atoms with Gasteiger partial charge in [-0.3, -0.25) is 9.59 Å². The van der Waals surface area contributed by atoms with E-state index in [1.165, 1.54) is 19.1 Å². The summed E-state index contributed by atoms with van der Waals surface area (Å²) < 4.78 is 33.5. The fourth-order valence-electron chi connectivity index (χ4n) is 2.87. The van der Waals surface area contributed by atoms with Gasteiger partial charge in [-0.05, 0) is 30.5 Å². The third kappa shape index (κ3) is 6.30. The number of carbonyl (C=O) groups excluding carboxylic acids is 2. The molecule has 2 amide bonds. The molecule has 1 aromatic carbocycles. The zero-order chi connectivity index (χ0) is 20.0. The number of benzene rings is 1. The third-order valence-electron chi connectivity index (χ3n) is 4.09. The number of ether oxygens (including phenoxy) is 1. The van der Waals surface area contributed by atoms with Crippen LogP contribution in [0, 0.1) is 5.92 Å². The van der Waals surface area contributed by atoms with Gasteiger partial charge in [-0.1, -0.05) is 19.9 Å². The summed E-state index contributed by atoms with van der Waals surface area (Å²) in [5.41, 5.74) is 0.380. The molecular weight excluding hydrogens is 370 g/mol. The molecule has 0 aliphatic carbocycles. The Hall–Kier alpha value is -1.97. The minimum absolute atomic E-state index is 0.00252. The number of morpholine rings is 1. The summed E-state index contributed by atoms with van der Waals surface area (Å²) in [5, 5.41) is 2.56. The zero-order valence-electron chi connectivity index (χ0n) is 15.9. The van der Waals surface area contributed by atoms with Gasteiger partial charge in [-0.2, -0.15) is 4.72 Å². The van der Waals surface area contributed by atoms with Gasteiger partial charge in [0.1, 0.15) is 6.04 Å². The molecule has 27 heavy (non-hydrogen) atoms. The van der Waals surface area contributed by atoms with Crippen molar-refractivity contribution in [3.05, 3.63) is 24.3 Å². The molecule has 2 N–H and O–H groups in total. The Bertz CT molecular complexity index is 773.